The Hall–Kier alpha value is -2.47. The van der Waals surface area contributed by atoms with Crippen LogP contribution in [-0.4, -0.2) is 28.2 Å². The van der Waals surface area contributed by atoms with E-state index in [1.807, 2.05) is 29.2 Å². The van der Waals surface area contributed by atoms with E-state index in [-0.39, 0.29) is 17.9 Å². The van der Waals surface area contributed by atoms with Crippen LogP contribution < -0.4 is 5.32 Å². The number of anilines is 1. The Kier molecular flexibility index (Phi) is 5.86. The van der Waals surface area contributed by atoms with Gasteiger partial charge < -0.3 is 10.2 Å². The standard InChI is InChI=1S/C22H25N3O2S/c26-21(15-16-7-2-1-3-8-16)25-14-6-9-17(25)18-11-12-19(28-18)22(27)24-20-10-4-5-13-23-20/h4-5,7,10-13,17H,1-3,6,8-9,14-15H2,(H,23,24,27). The number of nitrogens with zero attached hydrogens (tertiary/aromatic N) is 2. The van der Waals surface area contributed by atoms with Crippen LogP contribution in [0.5, 0.6) is 0 Å². The molecule has 1 N–H and O–H groups in total. The molecule has 0 radical (unpaired) electrons. The molecule has 2 aromatic rings. The molecule has 2 aromatic heterocycles. The third-order valence-electron chi connectivity index (χ3n) is 5.42. The van der Waals surface area contributed by atoms with Crippen molar-refractivity contribution in [3.8, 4) is 0 Å². The molecule has 146 valence electrons. The summed E-state index contributed by atoms with van der Waals surface area (Å²) in [6.07, 6.45) is 11.0. The summed E-state index contributed by atoms with van der Waals surface area (Å²) in [7, 11) is 0. The van der Waals surface area contributed by atoms with Gasteiger partial charge in [-0.2, -0.15) is 0 Å². The van der Waals surface area contributed by atoms with Gasteiger partial charge in [-0.15, -0.1) is 11.3 Å². The maximum absolute atomic E-state index is 12.9. The first-order valence-electron chi connectivity index (χ1n) is 10.0. The zero-order valence-electron chi connectivity index (χ0n) is 15.9. The number of nitrogens with one attached hydrogen (secondary N) is 1. The third kappa shape index (κ3) is 4.33. The van der Waals surface area contributed by atoms with Crippen molar-refractivity contribution in [2.75, 3.05) is 11.9 Å². The van der Waals surface area contributed by atoms with Gasteiger partial charge in [0.15, 0.2) is 0 Å². The maximum Gasteiger partial charge on any atom is 0.266 e. The summed E-state index contributed by atoms with van der Waals surface area (Å²) in [6.45, 7) is 0.810. The summed E-state index contributed by atoms with van der Waals surface area (Å²) in [5.74, 6) is 0.614. The van der Waals surface area contributed by atoms with Crippen LogP contribution in [0.25, 0.3) is 0 Å². The first-order valence-corrected chi connectivity index (χ1v) is 10.8. The van der Waals surface area contributed by atoms with Crippen molar-refractivity contribution < 1.29 is 9.59 Å². The van der Waals surface area contributed by atoms with Crippen LogP contribution in [0.15, 0.2) is 48.2 Å². The van der Waals surface area contributed by atoms with Crippen LogP contribution in [0.3, 0.4) is 0 Å². The topological polar surface area (TPSA) is 62.3 Å². The van der Waals surface area contributed by atoms with Crippen molar-refractivity contribution in [1.82, 2.24) is 9.88 Å². The number of rotatable bonds is 5. The zero-order valence-corrected chi connectivity index (χ0v) is 16.7. The molecule has 2 amide bonds. The quantitative estimate of drug-likeness (QED) is 0.729. The number of hydrogen-bond acceptors (Lipinski definition) is 4. The molecular formula is C22H25N3O2S. The summed E-state index contributed by atoms with van der Waals surface area (Å²) in [5.41, 5.74) is 1.29. The molecule has 1 fully saturated rings. The van der Waals surface area contributed by atoms with Gasteiger partial charge >= 0.3 is 0 Å². The molecule has 0 saturated carbocycles. The highest BCUT2D eigenvalue weighted by atomic mass is 32.1. The predicted octanol–water partition coefficient (Wildman–Crippen LogP) is 4.95. The second-order valence-corrected chi connectivity index (χ2v) is 8.52. The molecule has 4 rings (SSSR count). The highest BCUT2D eigenvalue weighted by Crippen LogP contribution is 2.37. The van der Waals surface area contributed by atoms with Gasteiger partial charge in [0.2, 0.25) is 5.91 Å². The third-order valence-corrected chi connectivity index (χ3v) is 6.61. The fourth-order valence-corrected chi connectivity index (χ4v) is 5.04. The Morgan fingerprint density at radius 3 is 2.89 bits per heavy atom. The van der Waals surface area contributed by atoms with E-state index in [9.17, 15) is 9.59 Å². The molecule has 2 aliphatic rings. The van der Waals surface area contributed by atoms with Crippen LogP contribution in [0, 0.1) is 0 Å². The van der Waals surface area contributed by atoms with Crippen molar-refractivity contribution >= 4 is 29.0 Å². The summed E-state index contributed by atoms with van der Waals surface area (Å²) in [4.78, 5) is 33.3. The lowest BCUT2D eigenvalue weighted by Gasteiger charge is -2.25. The number of likely N-dealkylation sites (tertiary alicyclic amines) is 1. The van der Waals surface area contributed by atoms with Gasteiger partial charge in [0.25, 0.3) is 5.91 Å². The van der Waals surface area contributed by atoms with Crippen LogP contribution in [-0.2, 0) is 4.79 Å². The molecule has 3 heterocycles. The zero-order chi connectivity index (χ0) is 19.3. The van der Waals surface area contributed by atoms with E-state index < -0.39 is 0 Å². The highest BCUT2D eigenvalue weighted by molar-refractivity contribution is 7.14. The van der Waals surface area contributed by atoms with E-state index >= 15 is 0 Å². The number of thiophene rings is 1. The maximum atomic E-state index is 12.9. The van der Waals surface area contributed by atoms with Gasteiger partial charge in [-0.3, -0.25) is 9.59 Å². The molecule has 6 heteroatoms. The summed E-state index contributed by atoms with van der Waals surface area (Å²) in [6, 6.07) is 9.36. The van der Waals surface area contributed by atoms with Crippen molar-refractivity contribution in [3.05, 3.63) is 57.9 Å². The Bertz CT molecular complexity index is 875. The molecule has 1 aliphatic carbocycles. The Labute approximate surface area is 169 Å². The SMILES string of the molecule is O=C(Nc1ccccn1)c1ccc(C2CCCN2C(=O)CC2=CCCCC2)s1. The van der Waals surface area contributed by atoms with Gasteiger partial charge in [-0.25, -0.2) is 4.98 Å². The average molecular weight is 396 g/mol. The largest absolute Gasteiger partial charge is 0.335 e. The molecule has 0 spiro atoms. The van der Waals surface area contributed by atoms with Gasteiger partial charge in [0.05, 0.1) is 10.9 Å². The number of pyridine rings is 1. The van der Waals surface area contributed by atoms with E-state index in [1.165, 1.54) is 29.8 Å². The van der Waals surface area contributed by atoms with E-state index in [0.29, 0.717) is 17.1 Å². The molecule has 1 unspecified atom stereocenters. The van der Waals surface area contributed by atoms with Gasteiger partial charge in [0.1, 0.15) is 5.82 Å². The van der Waals surface area contributed by atoms with Crippen LogP contribution in [0.2, 0.25) is 0 Å². The minimum absolute atomic E-state index is 0.0955. The molecule has 0 aromatic carbocycles. The van der Waals surface area contributed by atoms with Crippen molar-refractivity contribution in [1.29, 1.82) is 0 Å². The smallest absolute Gasteiger partial charge is 0.266 e. The fraction of sp³-hybridized carbons (Fsp3) is 0.409. The van der Waals surface area contributed by atoms with Gasteiger partial charge in [-0.05, 0) is 62.8 Å². The average Bonchev–Trinajstić information content (AvgIpc) is 3.39. The Balaban J connectivity index is 1.42. The molecular weight excluding hydrogens is 370 g/mol. The first-order chi connectivity index (χ1) is 13.7. The Morgan fingerprint density at radius 1 is 1.18 bits per heavy atom. The lowest BCUT2D eigenvalue weighted by atomic mass is 9.96. The minimum atomic E-state index is -0.154. The van der Waals surface area contributed by atoms with E-state index in [4.69, 9.17) is 0 Å². The van der Waals surface area contributed by atoms with E-state index in [2.05, 4.69) is 16.4 Å². The van der Waals surface area contributed by atoms with Gasteiger partial charge in [-0.1, -0.05) is 17.7 Å². The number of allylic oxidation sites excluding steroid dienone is 1. The second-order valence-electron chi connectivity index (χ2n) is 7.40. The lowest BCUT2D eigenvalue weighted by molar-refractivity contribution is -0.131. The number of aromatic nitrogens is 1. The monoisotopic (exact) mass is 395 g/mol. The molecule has 1 aliphatic heterocycles. The van der Waals surface area contributed by atoms with Crippen LogP contribution >= 0.6 is 11.3 Å². The normalized spacial score (nSPS) is 19.4. The van der Waals surface area contributed by atoms with Crippen molar-refractivity contribution in [2.45, 2.75) is 51.0 Å². The molecule has 5 nitrogen and oxygen atoms in total. The number of hydrogen-bond donors (Lipinski definition) is 1. The predicted molar refractivity (Wildman–Crippen MR) is 111 cm³/mol. The number of carbonyl (C=O) groups is 2. The van der Waals surface area contributed by atoms with Crippen molar-refractivity contribution in [3.63, 3.8) is 0 Å². The van der Waals surface area contributed by atoms with Crippen molar-refractivity contribution in [2.24, 2.45) is 0 Å². The molecule has 1 saturated heterocycles. The van der Waals surface area contributed by atoms with E-state index in [0.717, 1.165) is 37.1 Å². The number of amides is 2. The summed E-state index contributed by atoms with van der Waals surface area (Å²) in [5, 5.41) is 2.82. The second kappa shape index (κ2) is 8.69. The van der Waals surface area contributed by atoms with Crippen LogP contribution in [0.4, 0.5) is 5.82 Å². The van der Waals surface area contributed by atoms with E-state index in [1.54, 1.807) is 12.3 Å². The number of carbonyl (C=O) groups excluding carboxylic acids is 2. The molecule has 0 bridgehead atoms. The Morgan fingerprint density at radius 2 is 2.11 bits per heavy atom. The summed E-state index contributed by atoms with van der Waals surface area (Å²) >= 11 is 1.48. The molecule has 1 atom stereocenters. The van der Waals surface area contributed by atoms with Crippen LogP contribution in [0.1, 0.15) is 65.5 Å². The molecule has 28 heavy (non-hydrogen) atoms. The highest BCUT2D eigenvalue weighted by Gasteiger charge is 2.31. The lowest BCUT2D eigenvalue weighted by Crippen LogP contribution is -2.30. The first kappa shape index (κ1) is 18.9. The minimum Gasteiger partial charge on any atom is -0.335 e. The van der Waals surface area contributed by atoms with Gasteiger partial charge in [0, 0.05) is 24.0 Å². The summed E-state index contributed by atoms with van der Waals surface area (Å²) < 4.78 is 0. The fourth-order valence-electron chi connectivity index (χ4n) is 3.99.